The summed E-state index contributed by atoms with van der Waals surface area (Å²) >= 11 is 0. The van der Waals surface area contributed by atoms with E-state index in [1.165, 1.54) is 12.0 Å². The van der Waals surface area contributed by atoms with Gasteiger partial charge in [0.1, 0.15) is 18.5 Å². The molecular formula is C11H17N3O4. The first-order valence-corrected chi connectivity index (χ1v) is 5.74. The van der Waals surface area contributed by atoms with Crippen LogP contribution < -0.4 is 11.1 Å². The Labute approximate surface area is 105 Å². The summed E-state index contributed by atoms with van der Waals surface area (Å²) in [5, 5.41) is 2.55. The van der Waals surface area contributed by atoms with Crippen LogP contribution in [0.25, 0.3) is 0 Å². The van der Waals surface area contributed by atoms with E-state index in [4.69, 9.17) is 15.2 Å². The molecule has 0 aliphatic carbocycles. The highest BCUT2D eigenvalue weighted by Crippen LogP contribution is 2.30. The van der Waals surface area contributed by atoms with Crippen molar-refractivity contribution < 1.29 is 19.1 Å². The van der Waals surface area contributed by atoms with Gasteiger partial charge in [-0.3, -0.25) is 4.90 Å². The maximum atomic E-state index is 11.8. The molecule has 7 heteroatoms. The molecule has 2 amide bonds. The molecular weight excluding hydrogens is 238 g/mol. The van der Waals surface area contributed by atoms with Gasteiger partial charge in [-0.2, -0.15) is 0 Å². The van der Waals surface area contributed by atoms with Crippen molar-refractivity contribution in [2.45, 2.75) is 31.5 Å². The summed E-state index contributed by atoms with van der Waals surface area (Å²) in [6, 6.07) is -0.365. The Morgan fingerprint density at radius 1 is 1.61 bits per heavy atom. The Morgan fingerprint density at radius 2 is 2.33 bits per heavy atom. The molecule has 2 aliphatic heterocycles. The number of aldehydes is 1. The van der Waals surface area contributed by atoms with Crippen molar-refractivity contribution in [2.75, 3.05) is 7.11 Å². The molecule has 1 fully saturated rings. The Hall–Kier alpha value is -1.44. The number of amides is 2. The summed E-state index contributed by atoms with van der Waals surface area (Å²) in [7, 11) is 1.53. The number of ether oxygens (including phenoxy) is 2. The largest absolute Gasteiger partial charge is 0.376 e. The summed E-state index contributed by atoms with van der Waals surface area (Å²) < 4.78 is 10.9. The Morgan fingerprint density at radius 3 is 2.89 bits per heavy atom. The number of rotatable bonds is 3. The topological polar surface area (TPSA) is 93.9 Å². The van der Waals surface area contributed by atoms with Crippen LogP contribution in [0.15, 0.2) is 12.3 Å². The Kier molecular flexibility index (Phi) is 3.65. The molecule has 0 bridgehead atoms. The van der Waals surface area contributed by atoms with Crippen molar-refractivity contribution in [1.29, 1.82) is 0 Å². The number of carbonyl (C=O) groups is 2. The second-order valence-corrected chi connectivity index (χ2v) is 4.41. The van der Waals surface area contributed by atoms with Gasteiger partial charge >= 0.3 is 6.03 Å². The molecule has 1 saturated heterocycles. The number of hydrogen-bond acceptors (Lipinski definition) is 5. The van der Waals surface area contributed by atoms with E-state index in [1.54, 1.807) is 12.3 Å². The van der Waals surface area contributed by atoms with Crippen LogP contribution in [0.2, 0.25) is 0 Å². The van der Waals surface area contributed by atoms with Gasteiger partial charge < -0.3 is 25.3 Å². The van der Waals surface area contributed by atoms with E-state index in [9.17, 15) is 9.59 Å². The van der Waals surface area contributed by atoms with Gasteiger partial charge in [-0.25, -0.2) is 4.79 Å². The highest BCUT2D eigenvalue weighted by atomic mass is 16.6. The number of carbonyl (C=O) groups excluding carboxylic acids is 2. The van der Waals surface area contributed by atoms with Crippen LogP contribution in [-0.4, -0.2) is 48.9 Å². The molecule has 0 radical (unpaired) electrons. The molecule has 2 aliphatic rings. The van der Waals surface area contributed by atoms with Gasteiger partial charge in [0.05, 0.1) is 6.17 Å². The van der Waals surface area contributed by atoms with E-state index in [0.29, 0.717) is 0 Å². The van der Waals surface area contributed by atoms with Crippen molar-refractivity contribution in [3.8, 4) is 0 Å². The molecule has 0 spiro atoms. The second kappa shape index (κ2) is 5.05. The summed E-state index contributed by atoms with van der Waals surface area (Å²) in [6.45, 7) is 1.85. The fourth-order valence-corrected chi connectivity index (χ4v) is 2.24. The minimum atomic E-state index is -0.621. The molecule has 0 aromatic carbocycles. The quantitative estimate of drug-likeness (QED) is 0.656. The predicted molar refractivity (Wildman–Crippen MR) is 62.2 cm³/mol. The normalized spacial score (nSPS) is 39.8. The molecule has 0 aromatic rings. The van der Waals surface area contributed by atoms with E-state index in [2.05, 4.69) is 5.32 Å². The summed E-state index contributed by atoms with van der Waals surface area (Å²) in [6.07, 6.45) is 1.87. The first kappa shape index (κ1) is 13.0. The van der Waals surface area contributed by atoms with Crippen molar-refractivity contribution in [2.24, 2.45) is 11.7 Å². The van der Waals surface area contributed by atoms with Crippen molar-refractivity contribution >= 4 is 12.3 Å². The van der Waals surface area contributed by atoms with E-state index in [0.717, 1.165) is 6.29 Å². The van der Waals surface area contributed by atoms with E-state index >= 15 is 0 Å². The van der Waals surface area contributed by atoms with Gasteiger partial charge in [0, 0.05) is 19.2 Å². The third kappa shape index (κ3) is 2.12. The molecule has 2 unspecified atom stereocenters. The number of methoxy groups -OCH3 is 1. The minimum Gasteiger partial charge on any atom is -0.376 e. The minimum absolute atomic E-state index is 0.116. The molecule has 0 saturated carbocycles. The molecule has 18 heavy (non-hydrogen) atoms. The smallest absolute Gasteiger partial charge is 0.325 e. The van der Waals surface area contributed by atoms with Crippen LogP contribution in [-0.2, 0) is 14.3 Å². The van der Waals surface area contributed by atoms with Crippen LogP contribution in [0, 0.1) is 5.92 Å². The van der Waals surface area contributed by atoms with Crippen LogP contribution >= 0.6 is 0 Å². The fourth-order valence-electron chi connectivity index (χ4n) is 2.24. The van der Waals surface area contributed by atoms with Crippen molar-refractivity contribution in [3.05, 3.63) is 12.3 Å². The molecule has 7 nitrogen and oxygen atoms in total. The molecule has 0 aromatic heterocycles. The number of urea groups is 1. The Bertz CT molecular complexity index is 373. The lowest BCUT2D eigenvalue weighted by Crippen LogP contribution is -2.55. The number of nitrogens with one attached hydrogen (secondary N) is 1. The number of hydrogen-bond donors (Lipinski definition) is 2. The van der Waals surface area contributed by atoms with Crippen LogP contribution in [0.1, 0.15) is 6.92 Å². The van der Waals surface area contributed by atoms with Gasteiger partial charge in [-0.15, -0.1) is 0 Å². The van der Waals surface area contributed by atoms with Gasteiger partial charge in [0.15, 0.2) is 6.23 Å². The van der Waals surface area contributed by atoms with E-state index < -0.39 is 18.5 Å². The van der Waals surface area contributed by atoms with Gasteiger partial charge in [0.25, 0.3) is 0 Å². The SMILES string of the molecule is COC1[C@@H](C)[C@@H](C=O)O[C@H]1N1C=CC(N)NC1=O. The number of nitrogens with zero attached hydrogens (tertiary/aromatic N) is 1. The standard InChI is InChI=1S/C11H17N3O4/c1-6-7(5-15)18-10(9(6)17-2)14-4-3-8(12)13-11(14)16/h3-10H,12H2,1-2H3,(H,13,16)/t6-,7+,8?,9?,10+/m0/s1. The zero-order valence-electron chi connectivity index (χ0n) is 10.3. The highest BCUT2D eigenvalue weighted by Gasteiger charge is 2.46. The molecule has 2 heterocycles. The predicted octanol–water partition coefficient (Wildman–Crippen LogP) is -0.615. The third-order valence-electron chi connectivity index (χ3n) is 3.27. The summed E-state index contributed by atoms with van der Waals surface area (Å²) in [5.74, 6) is -0.116. The maximum absolute atomic E-state index is 11.8. The monoisotopic (exact) mass is 255 g/mol. The molecule has 100 valence electrons. The lowest BCUT2D eigenvalue weighted by molar-refractivity contribution is -0.122. The molecule has 5 atom stereocenters. The average molecular weight is 255 g/mol. The molecule has 3 N–H and O–H groups in total. The highest BCUT2D eigenvalue weighted by molar-refractivity contribution is 5.77. The Balaban J connectivity index is 2.19. The van der Waals surface area contributed by atoms with Crippen LogP contribution in [0.5, 0.6) is 0 Å². The summed E-state index contributed by atoms with van der Waals surface area (Å²) in [4.78, 5) is 24.1. The first-order chi connectivity index (χ1) is 8.58. The lowest BCUT2D eigenvalue weighted by atomic mass is 10.0. The second-order valence-electron chi connectivity index (χ2n) is 4.41. The summed E-state index contributed by atoms with van der Waals surface area (Å²) in [5.41, 5.74) is 5.56. The van der Waals surface area contributed by atoms with Gasteiger partial charge in [0.2, 0.25) is 0 Å². The van der Waals surface area contributed by atoms with Gasteiger partial charge in [-0.1, -0.05) is 6.92 Å². The fraction of sp³-hybridized carbons (Fsp3) is 0.636. The van der Waals surface area contributed by atoms with Crippen LogP contribution in [0.3, 0.4) is 0 Å². The average Bonchev–Trinajstić information content (AvgIpc) is 2.65. The van der Waals surface area contributed by atoms with Crippen molar-refractivity contribution in [3.63, 3.8) is 0 Å². The molecule has 2 rings (SSSR count). The van der Waals surface area contributed by atoms with Crippen molar-refractivity contribution in [1.82, 2.24) is 10.2 Å². The first-order valence-electron chi connectivity index (χ1n) is 5.74. The third-order valence-corrected chi connectivity index (χ3v) is 3.27. The number of nitrogens with two attached hydrogens (primary N) is 1. The zero-order chi connectivity index (χ0) is 13.3. The lowest BCUT2D eigenvalue weighted by Gasteiger charge is -2.32. The van der Waals surface area contributed by atoms with E-state index in [1.807, 2.05) is 6.92 Å². The van der Waals surface area contributed by atoms with E-state index in [-0.39, 0.29) is 18.1 Å². The zero-order valence-corrected chi connectivity index (χ0v) is 10.3. The van der Waals surface area contributed by atoms with Crippen LogP contribution in [0.4, 0.5) is 4.79 Å². The van der Waals surface area contributed by atoms with Gasteiger partial charge in [-0.05, 0) is 6.08 Å². The maximum Gasteiger partial charge on any atom is 0.325 e.